The van der Waals surface area contributed by atoms with Gasteiger partial charge in [-0.15, -0.1) is 0 Å². The summed E-state index contributed by atoms with van der Waals surface area (Å²) in [6, 6.07) is 8.70. The number of pyridine rings is 1. The molecule has 2 aliphatic rings. The molecule has 1 aromatic carbocycles. The molecule has 0 aliphatic carbocycles. The van der Waals surface area contributed by atoms with Gasteiger partial charge in [0.1, 0.15) is 16.7 Å². The number of nitrogens with two attached hydrogens (primary N) is 1. The number of benzene rings is 1. The van der Waals surface area contributed by atoms with E-state index in [1.165, 1.54) is 7.11 Å². The molecular formula is C22H23N3O5. The first-order chi connectivity index (χ1) is 14.2. The van der Waals surface area contributed by atoms with Crippen molar-refractivity contribution in [3.05, 3.63) is 69.0 Å². The molecule has 30 heavy (non-hydrogen) atoms. The maximum Gasteiger partial charge on any atom is 0.340 e. The van der Waals surface area contributed by atoms with Crippen molar-refractivity contribution >= 4 is 17.6 Å². The van der Waals surface area contributed by atoms with Crippen LogP contribution in [0.4, 0.5) is 5.69 Å². The lowest BCUT2D eigenvalue weighted by atomic mass is 9.68. The lowest BCUT2D eigenvalue weighted by Gasteiger charge is -2.35. The van der Waals surface area contributed by atoms with Crippen molar-refractivity contribution in [2.75, 3.05) is 18.6 Å². The van der Waals surface area contributed by atoms with E-state index in [0.29, 0.717) is 23.5 Å². The standard InChI is InChI=1S/C22H23N3O5/c1-11(2)10-25-14-8-6-5-7-13(14)22(21(25)28)16-15(9-12(3)24-19(16)26)30-18(23)17(22)20(27)29-4/h5-9,11H,10,23H2,1-4H3,(H,24,26)/t22-/m0/s1. The lowest BCUT2D eigenvalue weighted by molar-refractivity contribution is -0.138. The lowest BCUT2D eigenvalue weighted by Crippen LogP contribution is -2.51. The number of aromatic nitrogens is 1. The van der Waals surface area contributed by atoms with Gasteiger partial charge in [0.15, 0.2) is 0 Å². The van der Waals surface area contributed by atoms with E-state index in [1.54, 1.807) is 36.1 Å². The zero-order valence-electron chi connectivity index (χ0n) is 17.2. The summed E-state index contributed by atoms with van der Waals surface area (Å²) in [5.74, 6) is -1.21. The number of carbonyl (C=O) groups excluding carboxylic acids is 2. The van der Waals surface area contributed by atoms with Crippen LogP contribution in [0.2, 0.25) is 0 Å². The third-order valence-electron chi connectivity index (χ3n) is 5.45. The highest BCUT2D eigenvalue weighted by Crippen LogP contribution is 2.54. The van der Waals surface area contributed by atoms with Crippen molar-refractivity contribution in [2.24, 2.45) is 11.7 Å². The number of fused-ring (bicyclic) bond motifs is 4. The van der Waals surface area contributed by atoms with Crippen LogP contribution in [0, 0.1) is 12.8 Å². The normalized spacial score (nSPS) is 19.8. The summed E-state index contributed by atoms with van der Waals surface area (Å²) in [5, 5.41) is 0. The number of esters is 1. The van der Waals surface area contributed by atoms with Crippen LogP contribution in [0.3, 0.4) is 0 Å². The summed E-state index contributed by atoms with van der Waals surface area (Å²) in [6.07, 6.45) is 0. The van der Waals surface area contributed by atoms with Crippen molar-refractivity contribution < 1.29 is 19.1 Å². The number of ether oxygens (including phenoxy) is 2. The average molecular weight is 409 g/mol. The van der Waals surface area contributed by atoms with E-state index in [4.69, 9.17) is 15.2 Å². The van der Waals surface area contributed by atoms with Gasteiger partial charge in [0.2, 0.25) is 11.8 Å². The van der Waals surface area contributed by atoms with Gasteiger partial charge < -0.3 is 25.1 Å². The largest absolute Gasteiger partial charge is 0.465 e. The molecular weight excluding hydrogens is 386 g/mol. The molecule has 1 aromatic heterocycles. The molecule has 4 rings (SSSR count). The topological polar surface area (TPSA) is 115 Å². The second kappa shape index (κ2) is 6.76. The monoisotopic (exact) mass is 409 g/mol. The fourth-order valence-corrected chi connectivity index (χ4v) is 4.41. The van der Waals surface area contributed by atoms with Crippen LogP contribution < -0.4 is 20.9 Å². The molecule has 3 heterocycles. The van der Waals surface area contributed by atoms with Crippen molar-refractivity contribution in [3.63, 3.8) is 0 Å². The van der Waals surface area contributed by atoms with E-state index in [9.17, 15) is 14.4 Å². The molecule has 8 nitrogen and oxygen atoms in total. The minimum Gasteiger partial charge on any atom is -0.465 e. The second-order valence-corrected chi connectivity index (χ2v) is 7.93. The molecule has 1 amide bonds. The maximum absolute atomic E-state index is 14.1. The van der Waals surface area contributed by atoms with E-state index < -0.39 is 22.9 Å². The Labute approximate surface area is 173 Å². The zero-order valence-corrected chi connectivity index (χ0v) is 17.2. The van der Waals surface area contributed by atoms with E-state index in [1.807, 2.05) is 19.9 Å². The average Bonchev–Trinajstić information content (AvgIpc) is 2.90. The number of hydrogen-bond acceptors (Lipinski definition) is 6. The summed E-state index contributed by atoms with van der Waals surface area (Å²) < 4.78 is 10.6. The second-order valence-electron chi connectivity index (χ2n) is 7.93. The van der Waals surface area contributed by atoms with Crippen LogP contribution in [0.5, 0.6) is 5.75 Å². The number of nitrogens with zero attached hydrogens (tertiary/aromatic N) is 1. The molecule has 0 radical (unpaired) electrons. The number of anilines is 1. The Hall–Kier alpha value is -3.55. The molecule has 156 valence electrons. The molecule has 0 fully saturated rings. The van der Waals surface area contributed by atoms with Gasteiger partial charge in [0.05, 0.1) is 12.7 Å². The molecule has 1 atom stereocenters. The van der Waals surface area contributed by atoms with Crippen molar-refractivity contribution in [1.29, 1.82) is 0 Å². The van der Waals surface area contributed by atoms with Crippen molar-refractivity contribution in [2.45, 2.75) is 26.2 Å². The van der Waals surface area contributed by atoms with Crippen LogP contribution in [-0.4, -0.2) is 30.5 Å². The van der Waals surface area contributed by atoms with Crippen molar-refractivity contribution in [1.82, 2.24) is 4.98 Å². The highest BCUT2D eigenvalue weighted by Gasteiger charge is 2.62. The van der Waals surface area contributed by atoms with Gasteiger partial charge >= 0.3 is 5.97 Å². The Morgan fingerprint density at radius 2 is 2.00 bits per heavy atom. The number of nitrogens with one attached hydrogen (secondary N) is 1. The molecule has 0 bridgehead atoms. The predicted molar refractivity (Wildman–Crippen MR) is 110 cm³/mol. The molecule has 0 saturated heterocycles. The molecule has 3 N–H and O–H groups in total. The first-order valence-electron chi connectivity index (χ1n) is 9.65. The van der Waals surface area contributed by atoms with E-state index >= 15 is 0 Å². The van der Waals surface area contributed by atoms with E-state index in [-0.39, 0.29) is 28.7 Å². The number of H-pyrrole nitrogens is 1. The summed E-state index contributed by atoms with van der Waals surface area (Å²) in [4.78, 5) is 44.5. The van der Waals surface area contributed by atoms with Gasteiger partial charge in [-0.05, 0) is 18.9 Å². The molecule has 2 aromatic rings. The SMILES string of the molecule is COC(=O)C1=C(N)Oc2cc(C)[nH]c(=O)c2[C@]12C(=O)N(CC(C)C)c1ccccc12. The Balaban J connectivity index is 2.16. The van der Waals surface area contributed by atoms with Gasteiger partial charge in [-0.25, -0.2) is 4.79 Å². The number of hydrogen-bond donors (Lipinski definition) is 2. The number of aryl methyl sites for hydroxylation is 1. The smallest absolute Gasteiger partial charge is 0.340 e. The van der Waals surface area contributed by atoms with E-state index in [2.05, 4.69) is 4.98 Å². The van der Waals surface area contributed by atoms with Crippen LogP contribution in [-0.2, 0) is 19.7 Å². The molecule has 1 spiro atoms. The van der Waals surface area contributed by atoms with Gasteiger partial charge in [0.25, 0.3) is 5.56 Å². The quantitative estimate of drug-likeness (QED) is 0.746. The summed E-state index contributed by atoms with van der Waals surface area (Å²) in [7, 11) is 1.20. The Morgan fingerprint density at radius 3 is 2.67 bits per heavy atom. The maximum atomic E-state index is 14.1. The van der Waals surface area contributed by atoms with E-state index in [0.717, 1.165) is 0 Å². The minimum atomic E-state index is -1.75. The molecule has 2 aliphatic heterocycles. The highest BCUT2D eigenvalue weighted by atomic mass is 16.5. The van der Waals surface area contributed by atoms with Gasteiger partial charge in [0, 0.05) is 29.6 Å². The number of para-hydroxylation sites is 1. The van der Waals surface area contributed by atoms with Gasteiger partial charge in [-0.2, -0.15) is 0 Å². The van der Waals surface area contributed by atoms with Crippen LogP contribution in [0.15, 0.2) is 46.6 Å². The van der Waals surface area contributed by atoms with Crippen molar-refractivity contribution in [3.8, 4) is 5.75 Å². The number of methoxy groups -OCH3 is 1. The Kier molecular flexibility index (Phi) is 4.45. The summed E-state index contributed by atoms with van der Waals surface area (Å²) >= 11 is 0. The molecule has 0 saturated carbocycles. The summed E-state index contributed by atoms with van der Waals surface area (Å²) in [6.45, 7) is 6.08. The number of rotatable bonds is 3. The zero-order chi connectivity index (χ0) is 21.8. The fourth-order valence-electron chi connectivity index (χ4n) is 4.41. The van der Waals surface area contributed by atoms with Crippen LogP contribution in [0.25, 0.3) is 0 Å². The van der Waals surface area contributed by atoms with Crippen LogP contribution >= 0.6 is 0 Å². The van der Waals surface area contributed by atoms with Gasteiger partial charge in [-0.3, -0.25) is 9.59 Å². The third kappa shape index (κ3) is 2.49. The van der Waals surface area contributed by atoms with Crippen LogP contribution in [0.1, 0.15) is 30.7 Å². The Morgan fingerprint density at radius 1 is 1.30 bits per heavy atom. The molecule has 0 unspecified atom stereocenters. The fraction of sp³-hybridized carbons (Fsp3) is 0.318. The third-order valence-corrected chi connectivity index (χ3v) is 5.45. The summed E-state index contributed by atoms with van der Waals surface area (Å²) in [5.41, 5.74) is 5.41. The number of carbonyl (C=O) groups is 2. The number of amides is 1. The Bertz CT molecular complexity index is 1160. The predicted octanol–water partition coefficient (Wildman–Crippen LogP) is 1.71. The molecule has 8 heteroatoms. The first-order valence-corrected chi connectivity index (χ1v) is 9.65. The number of aromatic amines is 1. The van der Waals surface area contributed by atoms with Gasteiger partial charge in [-0.1, -0.05) is 32.0 Å². The minimum absolute atomic E-state index is 0.0337. The highest BCUT2D eigenvalue weighted by molar-refractivity contribution is 6.18. The first kappa shape index (κ1) is 19.8.